The summed E-state index contributed by atoms with van der Waals surface area (Å²) in [6, 6.07) is 12.9. The van der Waals surface area contributed by atoms with Gasteiger partial charge in [0.1, 0.15) is 16.1 Å². The molecule has 1 aromatic carbocycles. The minimum Gasteiger partial charge on any atom is -0.496 e. The third-order valence-electron chi connectivity index (χ3n) is 3.85. The van der Waals surface area contributed by atoms with E-state index in [-0.39, 0.29) is 5.91 Å². The number of benzene rings is 1. The number of fused-ring (bicyclic) bond motifs is 1. The van der Waals surface area contributed by atoms with Crippen LogP contribution in [0.2, 0.25) is 0 Å². The van der Waals surface area contributed by atoms with E-state index in [1.54, 1.807) is 31.8 Å². The number of methoxy groups -OCH3 is 1. The van der Waals surface area contributed by atoms with E-state index in [0.717, 1.165) is 15.9 Å². The van der Waals surface area contributed by atoms with Crippen molar-refractivity contribution in [2.75, 3.05) is 12.4 Å². The maximum absolute atomic E-state index is 12.9. The molecule has 0 saturated carbocycles. The van der Waals surface area contributed by atoms with Crippen LogP contribution >= 0.6 is 11.3 Å². The van der Waals surface area contributed by atoms with Gasteiger partial charge >= 0.3 is 0 Å². The lowest BCUT2D eigenvalue weighted by Crippen LogP contribution is -2.13. The fourth-order valence-electron chi connectivity index (χ4n) is 2.66. The van der Waals surface area contributed by atoms with Gasteiger partial charge in [0.15, 0.2) is 5.13 Å². The second-order valence-corrected chi connectivity index (χ2v) is 6.40. The summed E-state index contributed by atoms with van der Waals surface area (Å²) in [5.74, 6) is 0.422. The molecule has 0 unspecified atom stereocenters. The van der Waals surface area contributed by atoms with Crippen molar-refractivity contribution in [2.24, 2.45) is 0 Å². The minimum atomic E-state index is -0.257. The summed E-state index contributed by atoms with van der Waals surface area (Å²) in [4.78, 5) is 26.4. The van der Waals surface area contributed by atoms with Crippen molar-refractivity contribution < 1.29 is 9.53 Å². The summed E-state index contributed by atoms with van der Waals surface area (Å²) in [7, 11) is 1.60. The van der Waals surface area contributed by atoms with Crippen LogP contribution in [0.5, 0.6) is 5.75 Å². The van der Waals surface area contributed by atoms with Gasteiger partial charge in [-0.2, -0.15) is 0 Å². The molecule has 7 heteroatoms. The van der Waals surface area contributed by atoms with Crippen LogP contribution in [0.15, 0.2) is 61.1 Å². The van der Waals surface area contributed by atoms with Gasteiger partial charge in [0.2, 0.25) is 0 Å². The number of nitrogens with zero attached hydrogens (tertiary/aromatic N) is 3. The van der Waals surface area contributed by atoms with Crippen molar-refractivity contribution in [3.8, 4) is 16.9 Å². The predicted octanol–water partition coefficient (Wildman–Crippen LogP) is 4.01. The molecular formula is C19H14N4O2S. The van der Waals surface area contributed by atoms with E-state index < -0.39 is 0 Å². The third kappa shape index (κ3) is 3.00. The smallest absolute Gasteiger partial charge is 0.258 e. The van der Waals surface area contributed by atoms with Crippen molar-refractivity contribution >= 4 is 32.7 Å². The van der Waals surface area contributed by atoms with Crippen LogP contribution in [0.3, 0.4) is 0 Å². The Bertz CT molecular complexity index is 1060. The predicted molar refractivity (Wildman–Crippen MR) is 102 cm³/mol. The normalized spacial score (nSPS) is 10.7. The highest BCUT2D eigenvalue weighted by atomic mass is 32.1. The van der Waals surface area contributed by atoms with Crippen LogP contribution < -0.4 is 10.1 Å². The topological polar surface area (TPSA) is 77.0 Å². The number of thiazole rings is 1. The Morgan fingerprint density at radius 2 is 1.96 bits per heavy atom. The Labute approximate surface area is 153 Å². The molecule has 0 aliphatic rings. The van der Waals surface area contributed by atoms with E-state index in [4.69, 9.17) is 4.74 Å². The molecule has 0 bridgehead atoms. The van der Waals surface area contributed by atoms with Crippen molar-refractivity contribution in [1.82, 2.24) is 15.0 Å². The van der Waals surface area contributed by atoms with Crippen LogP contribution in [-0.2, 0) is 0 Å². The fourth-order valence-corrected chi connectivity index (χ4v) is 3.46. The summed E-state index contributed by atoms with van der Waals surface area (Å²) < 4.78 is 5.41. The number of hydrogen-bond acceptors (Lipinski definition) is 6. The van der Waals surface area contributed by atoms with Crippen molar-refractivity contribution in [3.05, 3.63) is 66.6 Å². The van der Waals surface area contributed by atoms with Gasteiger partial charge in [0.05, 0.1) is 12.7 Å². The SMILES string of the molecule is COc1ccccc1-c1cnccc1C(=O)Nc1nc2cccnc2s1. The van der Waals surface area contributed by atoms with Gasteiger partial charge in [-0.25, -0.2) is 9.97 Å². The van der Waals surface area contributed by atoms with Crippen LogP contribution in [0.4, 0.5) is 5.13 Å². The van der Waals surface area contributed by atoms with Crippen molar-refractivity contribution in [3.63, 3.8) is 0 Å². The monoisotopic (exact) mass is 362 g/mol. The second kappa shape index (κ2) is 6.89. The van der Waals surface area contributed by atoms with E-state index in [1.165, 1.54) is 11.3 Å². The van der Waals surface area contributed by atoms with E-state index in [0.29, 0.717) is 22.0 Å². The molecule has 26 heavy (non-hydrogen) atoms. The summed E-state index contributed by atoms with van der Waals surface area (Å²) in [6.45, 7) is 0. The van der Waals surface area contributed by atoms with Crippen LogP contribution in [0, 0.1) is 0 Å². The molecule has 0 fully saturated rings. The molecule has 1 N–H and O–H groups in total. The quantitative estimate of drug-likeness (QED) is 0.593. The molecule has 128 valence electrons. The lowest BCUT2D eigenvalue weighted by atomic mass is 10.0. The number of ether oxygens (including phenoxy) is 1. The highest BCUT2D eigenvalue weighted by molar-refractivity contribution is 7.21. The lowest BCUT2D eigenvalue weighted by Gasteiger charge is -2.11. The highest BCUT2D eigenvalue weighted by Gasteiger charge is 2.17. The number of para-hydroxylation sites is 1. The van der Waals surface area contributed by atoms with Gasteiger partial charge in [0, 0.05) is 29.7 Å². The largest absolute Gasteiger partial charge is 0.496 e. The molecule has 0 aliphatic heterocycles. The molecule has 6 nitrogen and oxygen atoms in total. The summed E-state index contributed by atoms with van der Waals surface area (Å²) >= 11 is 1.34. The average Bonchev–Trinajstić information content (AvgIpc) is 3.10. The maximum Gasteiger partial charge on any atom is 0.258 e. The van der Waals surface area contributed by atoms with Crippen LogP contribution in [-0.4, -0.2) is 28.0 Å². The van der Waals surface area contributed by atoms with E-state index >= 15 is 0 Å². The third-order valence-corrected chi connectivity index (χ3v) is 4.74. The van der Waals surface area contributed by atoms with Gasteiger partial charge in [-0.3, -0.25) is 15.1 Å². The molecule has 3 aromatic heterocycles. The van der Waals surface area contributed by atoms with E-state index in [2.05, 4.69) is 20.3 Å². The summed E-state index contributed by atoms with van der Waals surface area (Å²) in [6.07, 6.45) is 4.95. The van der Waals surface area contributed by atoms with Crippen molar-refractivity contribution in [2.45, 2.75) is 0 Å². The Balaban J connectivity index is 1.70. The molecule has 1 amide bonds. The van der Waals surface area contributed by atoms with Crippen LogP contribution in [0.1, 0.15) is 10.4 Å². The molecule has 0 atom stereocenters. The van der Waals surface area contributed by atoms with Gasteiger partial charge in [0.25, 0.3) is 5.91 Å². The number of hydrogen-bond donors (Lipinski definition) is 1. The lowest BCUT2D eigenvalue weighted by molar-refractivity contribution is 0.102. The average molecular weight is 362 g/mol. The van der Waals surface area contributed by atoms with Gasteiger partial charge in [-0.15, -0.1) is 0 Å². The molecule has 0 aliphatic carbocycles. The Hall–Kier alpha value is -3.32. The number of nitrogens with one attached hydrogen (secondary N) is 1. The van der Waals surface area contributed by atoms with Gasteiger partial charge < -0.3 is 4.74 Å². The summed E-state index contributed by atoms with van der Waals surface area (Å²) in [5, 5.41) is 3.36. The first kappa shape index (κ1) is 16.2. The molecule has 3 heterocycles. The fraction of sp³-hybridized carbons (Fsp3) is 0.0526. The van der Waals surface area contributed by atoms with Crippen molar-refractivity contribution in [1.29, 1.82) is 0 Å². The molecule has 0 radical (unpaired) electrons. The number of amides is 1. The number of carbonyl (C=O) groups excluding carboxylic acids is 1. The number of carbonyl (C=O) groups is 1. The minimum absolute atomic E-state index is 0.257. The molecule has 4 rings (SSSR count). The molecular weight excluding hydrogens is 348 g/mol. The molecule has 4 aromatic rings. The standard InChI is InChI=1S/C19H14N4O2S/c1-25-16-7-3-2-5-12(16)14-11-20-10-8-13(14)17(24)23-19-22-15-6-4-9-21-18(15)26-19/h2-11H,1H3,(H,22,23,24). The summed E-state index contributed by atoms with van der Waals surface area (Å²) in [5.41, 5.74) is 2.75. The van der Waals surface area contributed by atoms with Gasteiger partial charge in [-0.05, 0) is 24.3 Å². The number of anilines is 1. The number of rotatable bonds is 4. The zero-order valence-corrected chi connectivity index (χ0v) is 14.7. The highest BCUT2D eigenvalue weighted by Crippen LogP contribution is 2.32. The first-order valence-electron chi connectivity index (χ1n) is 7.86. The second-order valence-electron chi connectivity index (χ2n) is 5.42. The maximum atomic E-state index is 12.9. The van der Waals surface area contributed by atoms with Gasteiger partial charge in [-0.1, -0.05) is 29.5 Å². The Kier molecular flexibility index (Phi) is 4.28. The molecule has 0 spiro atoms. The first-order chi connectivity index (χ1) is 12.8. The Morgan fingerprint density at radius 1 is 1.08 bits per heavy atom. The number of aromatic nitrogens is 3. The number of pyridine rings is 2. The molecule has 0 saturated heterocycles. The zero-order valence-electron chi connectivity index (χ0n) is 13.8. The zero-order chi connectivity index (χ0) is 17.9. The van der Waals surface area contributed by atoms with E-state index in [9.17, 15) is 4.79 Å². The van der Waals surface area contributed by atoms with E-state index in [1.807, 2.05) is 36.4 Å². The van der Waals surface area contributed by atoms with Crippen LogP contribution in [0.25, 0.3) is 21.5 Å². The first-order valence-corrected chi connectivity index (χ1v) is 8.68. The Morgan fingerprint density at radius 3 is 2.81 bits per heavy atom.